The zero-order chi connectivity index (χ0) is 20.8. The quantitative estimate of drug-likeness (QED) is 0.453. The van der Waals surface area contributed by atoms with E-state index in [2.05, 4.69) is 32.3 Å². The van der Waals surface area contributed by atoms with E-state index in [4.69, 9.17) is 14.2 Å². The third kappa shape index (κ3) is 4.70. The van der Waals surface area contributed by atoms with E-state index in [0.717, 1.165) is 15.7 Å². The Kier molecular flexibility index (Phi) is 6.75. The number of thiazole rings is 1. The molecule has 1 N–H and O–H groups in total. The van der Waals surface area contributed by atoms with Gasteiger partial charge in [0.05, 0.1) is 27.0 Å². The largest absolute Gasteiger partial charge is 0.493 e. The predicted octanol–water partition coefficient (Wildman–Crippen LogP) is 5.57. The molecule has 0 saturated heterocycles. The predicted molar refractivity (Wildman–Crippen MR) is 119 cm³/mol. The maximum atomic E-state index is 9.60. The standard InChI is InChI=1S/C21H18BrN3O3S/c1-26-18-8-16(9-19(27-2)20(18)28-3)24-11-14(10-23)21-25-17(12-29-21)13-5-4-6-15(22)7-13/h4-9,11-12,24H,1-3H3. The number of allylic oxidation sites excluding steroid dienone is 1. The molecular formula is C21H18BrN3O3S. The molecule has 0 bridgehead atoms. The molecule has 0 fully saturated rings. The second kappa shape index (κ2) is 9.45. The minimum Gasteiger partial charge on any atom is -0.493 e. The van der Waals surface area contributed by atoms with Crippen molar-refractivity contribution in [2.75, 3.05) is 26.6 Å². The average molecular weight is 472 g/mol. The highest BCUT2D eigenvalue weighted by Gasteiger charge is 2.14. The molecule has 0 saturated carbocycles. The molecule has 8 heteroatoms. The number of methoxy groups -OCH3 is 3. The Hall–Kier alpha value is -3.02. The van der Waals surface area contributed by atoms with E-state index in [1.807, 2.05) is 29.6 Å². The summed E-state index contributed by atoms with van der Waals surface area (Å²) in [6.07, 6.45) is 1.62. The first kappa shape index (κ1) is 20.7. The van der Waals surface area contributed by atoms with Gasteiger partial charge in [0.1, 0.15) is 16.6 Å². The van der Waals surface area contributed by atoms with Crippen molar-refractivity contribution in [3.05, 3.63) is 57.5 Å². The van der Waals surface area contributed by atoms with Crippen molar-refractivity contribution in [1.29, 1.82) is 5.26 Å². The lowest BCUT2D eigenvalue weighted by atomic mass is 10.2. The summed E-state index contributed by atoms with van der Waals surface area (Å²) < 4.78 is 17.0. The van der Waals surface area contributed by atoms with Gasteiger partial charge in [0.15, 0.2) is 11.5 Å². The Bertz CT molecular complexity index is 1060. The molecule has 6 nitrogen and oxygen atoms in total. The summed E-state index contributed by atoms with van der Waals surface area (Å²) >= 11 is 4.88. The Morgan fingerprint density at radius 3 is 2.45 bits per heavy atom. The van der Waals surface area contributed by atoms with Gasteiger partial charge in [-0.25, -0.2) is 4.98 Å². The maximum absolute atomic E-state index is 9.60. The lowest BCUT2D eigenvalue weighted by Gasteiger charge is -2.14. The van der Waals surface area contributed by atoms with Crippen LogP contribution in [0, 0.1) is 11.3 Å². The summed E-state index contributed by atoms with van der Waals surface area (Å²) in [6, 6.07) is 13.6. The van der Waals surface area contributed by atoms with E-state index in [9.17, 15) is 5.26 Å². The van der Waals surface area contributed by atoms with Crippen LogP contribution < -0.4 is 19.5 Å². The zero-order valence-corrected chi connectivity index (χ0v) is 18.4. The van der Waals surface area contributed by atoms with Crippen LogP contribution in [0.15, 0.2) is 52.5 Å². The fourth-order valence-corrected chi connectivity index (χ4v) is 3.83. The van der Waals surface area contributed by atoms with Gasteiger partial charge < -0.3 is 19.5 Å². The molecule has 0 spiro atoms. The van der Waals surface area contributed by atoms with E-state index >= 15 is 0 Å². The second-order valence-electron chi connectivity index (χ2n) is 5.78. The van der Waals surface area contributed by atoms with Gasteiger partial charge in [-0.05, 0) is 12.1 Å². The number of nitriles is 1. The first-order chi connectivity index (χ1) is 14.1. The van der Waals surface area contributed by atoms with Gasteiger partial charge in [0.2, 0.25) is 5.75 Å². The maximum Gasteiger partial charge on any atom is 0.203 e. The summed E-state index contributed by atoms with van der Waals surface area (Å²) in [7, 11) is 4.65. The molecule has 0 aliphatic carbocycles. The third-order valence-corrected chi connectivity index (χ3v) is 5.39. The smallest absolute Gasteiger partial charge is 0.203 e. The van der Waals surface area contributed by atoms with E-state index in [1.165, 1.54) is 11.3 Å². The lowest BCUT2D eigenvalue weighted by Crippen LogP contribution is -1.98. The summed E-state index contributed by atoms with van der Waals surface area (Å²) in [5, 5.41) is 15.3. The Labute approximate surface area is 181 Å². The number of halogens is 1. The van der Waals surface area contributed by atoms with Crippen LogP contribution in [-0.4, -0.2) is 26.3 Å². The molecule has 2 aromatic carbocycles. The summed E-state index contributed by atoms with van der Waals surface area (Å²) in [6.45, 7) is 0. The lowest BCUT2D eigenvalue weighted by molar-refractivity contribution is 0.324. The topological polar surface area (TPSA) is 76.4 Å². The fraction of sp³-hybridized carbons (Fsp3) is 0.143. The average Bonchev–Trinajstić information content (AvgIpc) is 3.23. The molecule has 3 aromatic rings. The van der Waals surface area contributed by atoms with Crippen molar-refractivity contribution in [1.82, 2.24) is 4.98 Å². The van der Waals surface area contributed by atoms with Crippen LogP contribution in [0.3, 0.4) is 0 Å². The number of benzene rings is 2. The fourth-order valence-electron chi connectivity index (χ4n) is 2.64. The van der Waals surface area contributed by atoms with Crippen LogP contribution in [0.2, 0.25) is 0 Å². The van der Waals surface area contributed by atoms with Gasteiger partial charge in [0, 0.05) is 39.4 Å². The Morgan fingerprint density at radius 1 is 1.14 bits per heavy atom. The van der Waals surface area contributed by atoms with Gasteiger partial charge in [-0.15, -0.1) is 11.3 Å². The van der Waals surface area contributed by atoms with Crippen molar-refractivity contribution >= 4 is 38.5 Å². The van der Waals surface area contributed by atoms with Crippen molar-refractivity contribution in [3.63, 3.8) is 0 Å². The monoisotopic (exact) mass is 471 g/mol. The minimum atomic E-state index is 0.421. The highest BCUT2D eigenvalue weighted by atomic mass is 79.9. The first-order valence-corrected chi connectivity index (χ1v) is 10.2. The normalized spacial score (nSPS) is 10.9. The number of nitrogens with one attached hydrogen (secondary N) is 1. The number of hydrogen-bond acceptors (Lipinski definition) is 7. The highest BCUT2D eigenvalue weighted by Crippen LogP contribution is 2.40. The van der Waals surface area contributed by atoms with E-state index in [1.54, 1.807) is 39.7 Å². The van der Waals surface area contributed by atoms with Gasteiger partial charge in [-0.3, -0.25) is 0 Å². The van der Waals surface area contributed by atoms with Crippen LogP contribution in [0.4, 0.5) is 5.69 Å². The third-order valence-electron chi connectivity index (χ3n) is 4.02. The van der Waals surface area contributed by atoms with Crippen LogP contribution in [-0.2, 0) is 0 Å². The number of aromatic nitrogens is 1. The summed E-state index contributed by atoms with van der Waals surface area (Å²) in [5.74, 6) is 1.54. The SMILES string of the molecule is COc1cc(NC=C(C#N)c2nc(-c3cccc(Br)c3)cs2)cc(OC)c1OC. The van der Waals surface area contributed by atoms with Gasteiger partial charge in [-0.2, -0.15) is 5.26 Å². The Balaban J connectivity index is 1.87. The molecule has 0 amide bonds. The minimum absolute atomic E-state index is 0.421. The van der Waals surface area contributed by atoms with Crippen molar-refractivity contribution in [2.24, 2.45) is 0 Å². The Morgan fingerprint density at radius 2 is 1.86 bits per heavy atom. The molecule has 148 valence electrons. The summed E-state index contributed by atoms with van der Waals surface area (Å²) in [5.41, 5.74) is 2.91. The van der Waals surface area contributed by atoms with Crippen LogP contribution in [0.1, 0.15) is 5.01 Å². The number of anilines is 1. The zero-order valence-electron chi connectivity index (χ0n) is 16.0. The highest BCUT2D eigenvalue weighted by molar-refractivity contribution is 9.10. The molecular weight excluding hydrogens is 454 g/mol. The molecule has 3 rings (SSSR count). The molecule has 0 aliphatic rings. The molecule has 1 aromatic heterocycles. The molecule has 0 unspecified atom stereocenters. The van der Waals surface area contributed by atoms with Crippen LogP contribution in [0.5, 0.6) is 17.2 Å². The first-order valence-electron chi connectivity index (χ1n) is 8.48. The van der Waals surface area contributed by atoms with Crippen molar-refractivity contribution < 1.29 is 14.2 Å². The van der Waals surface area contributed by atoms with Crippen LogP contribution in [0.25, 0.3) is 16.8 Å². The molecule has 29 heavy (non-hydrogen) atoms. The molecule has 0 aliphatic heterocycles. The second-order valence-corrected chi connectivity index (χ2v) is 7.55. The van der Waals surface area contributed by atoms with Crippen molar-refractivity contribution in [2.45, 2.75) is 0 Å². The van der Waals surface area contributed by atoms with E-state index in [-0.39, 0.29) is 0 Å². The number of nitrogens with zero attached hydrogens (tertiary/aromatic N) is 2. The van der Waals surface area contributed by atoms with E-state index in [0.29, 0.717) is 33.5 Å². The van der Waals surface area contributed by atoms with E-state index < -0.39 is 0 Å². The molecule has 1 heterocycles. The number of rotatable bonds is 7. The number of ether oxygens (including phenoxy) is 3. The van der Waals surface area contributed by atoms with Gasteiger partial charge in [0.25, 0.3) is 0 Å². The van der Waals surface area contributed by atoms with Gasteiger partial charge >= 0.3 is 0 Å². The van der Waals surface area contributed by atoms with Crippen molar-refractivity contribution in [3.8, 4) is 34.6 Å². The molecule has 0 radical (unpaired) electrons. The number of hydrogen-bond donors (Lipinski definition) is 1. The van der Waals surface area contributed by atoms with Gasteiger partial charge in [-0.1, -0.05) is 28.1 Å². The summed E-state index contributed by atoms with van der Waals surface area (Å²) in [4.78, 5) is 4.60. The van der Waals surface area contributed by atoms with Crippen LogP contribution >= 0.6 is 27.3 Å². The molecule has 0 atom stereocenters.